The quantitative estimate of drug-likeness (QED) is 0.765. The molecule has 1 aromatic heterocycles. The van der Waals surface area contributed by atoms with Crippen LogP contribution in [-0.2, 0) is 11.2 Å². The van der Waals surface area contributed by atoms with Crippen molar-refractivity contribution in [1.29, 1.82) is 0 Å². The molecule has 0 spiro atoms. The number of hydrogen-bond donors (Lipinski definition) is 3. The number of aliphatic hydroxyl groups is 1. The molecule has 1 unspecified atom stereocenters. The van der Waals surface area contributed by atoms with Gasteiger partial charge in [-0.05, 0) is 18.4 Å². The molecule has 4 N–H and O–H groups in total. The monoisotopic (exact) mass is 280 g/mol. The molecule has 0 aliphatic rings. The maximum atomic E-state index is 11.2. The zero-order chi connectivity index (χ0) is 12.0. The predicted octanol–water partition coefficient (Wildman–Crippen LogP) is 1.60. The lowest BCUT2D eigenvalue weighted by Crippen LogP contribution is -2.27. The third kappa shape index (κ3) is 5.36. The number of nitrogens with one attached hydrogen (secondary N) is 1. The number of carbonyl (C=O) groups is 1. The van der Waals surface area contributed by atoms with Gasteiger partial charge in [0.2, 0.25) is 0 Å². The second-order valence-electron chi connectivity index (χ2n) is 3.25. The summed E-state index contributed by atoms with van der Waals surface area (Å²) in [4.78, 5) is 12.1. The van der Waals surface area contributed by atoms with Crippen LogP contribution in [0.4, 0.5) is 10.5 Å². The van der Waals surface area contributed by atoms with E-state index in [2.05, 4.69) is 5.32 Å². The molecule has 98 valence electrons. The van der Waals surface area contributed by atoms with Gasteiger partial charge in [-0.2, -0.15) is 0 Å². The molecule has 1 amide bonds. The standard InChI is InChI=1S/C10H16N2O3S.ClH/c1-2-15-10(14)12-8-3-4-16-9(8)5-7(11)6-13;/h3-4,7,13H,2,5-6,11H2,1H3,(H,12,14);1H. The highest BCUT2D eigenvalue weighted by Gasteiger charge is 2.11. The summed E-state index contributed by atoms with van der Waals surface area (Å²) in [6.07, 6.45) is 0.0651. The molecule has 0 saturated heterocycles. The first kappa shape index (κ1) is 16.2. The first-order chi connectivity index (χ1) is 7.67. The van der Waals surface area contributed by atoms with Gasteiger partial charge < -0.3 is 15.6 Å². The minimum atomic E-state index is -0.472. The topological polar surface area (TPSA) is 84.6 Å². The highest BCUT2D eigenvalue weighted by Crippen LogP contribution is 2.23. The minimum absolute atomic E-state index is 0. The van der Waals surface area contributed by atoms with Crippen molar-refractivity contribution >= 4 is 35.5 Å². The van der Waals surface area contributed by atoms with E-state index in [-0.39, 0.29) is 25.1 Å². The number of anilines is 1. The Morgan fingerprint density at radius 3 is 3.00 bits per heavy atom. The van der Waals surface area contributed by atoms with E-state index in [1.807, 2.05) is 5.38 Å². The van der Waals surface area contributed by atoms with Crippen LogP contribution in [0.2, 0.25) is 0 Å². The number of thiophene rings is 1. The van der Waals surface area contributed by atoms with E-state index in [1.54, 1.807) is 13.0 Å². The summed E-state index contributed by atoms with van der Waals surface area (Å²) < 4.78 is 4.78. The predicted molar refractivity (Wildman–Crippen MR) is 71.0 cm³/mol. The summed E-state index contributed by atoms with van der Waals surface area (Å²) in [6.45, 7) is 2.01. The van der Waals surface area contributed by atoms with E-state index in [4.69, 9.17) is 15.6 Å². The Balaban J connectivity index is 0.00000256. The van der Waals surface area contributed by atoms with Crippen LogP contribution in [0.25, 0.3) is 0 Å². The maximum absolute atomic E-state index is 11.2. The molecule has 1 aromatic rings. The molecule has 17 heavy (non-hydrogen) atoms. The van der Waals surface area contributed by atoms with Gasteiger partial charge in [-0.3, -0.25) is 5.32 Å². The van der Waals surface area contributed by atoms with Gasteiger partial charge in [0.1, 0.15) is 0 Å². The van der Waals surface area contributed by atoms with Crippen molar-refractivity contribution in [2.75, 3.05) is 18.5 Å². The van der Waals surface area contributed by atoms with Gasteiger partial charge in [0.25, 0.3) is 0 Å². The van der Waals surface area contributed by atoms with Gasteiger partial charge in [-0.15, -0.1) is 23.7 Å². The van der Waals surface area contributed by atoms with Crippen molar-refractivity contribution in [3.63, 3.8) is 0 Å². The zero-order valence-electron chi connectivity index (χ0n) is 9.51. The van der Waals surface area contributed by atoms with E-state index >= 15 is 0 Å². The Hall–Kier alpha value is -0.820. The fourth-order valence-electron chi connectivity index (χ4n) is 1.19. The number of carbonyl (C=O) groups excluding carboxylic acids is 1. The number of aliphatic hydroxyl groups excluding tert-OH is 1. The van der Waals surface area contributed by atoms with E-state index < -0.39 is 6.09 Å². The molecule has 7 heteroatoms. The second kappa shape index (κ2) is 8.30. The SMILES string of the molecule is CCOC(=O)Nc1ccsc1CC(N)CO.Cl. The maximum Gasteiger partial charge on any atom is 0.411 e. The van der Waals surface area contributed by atoms with E-state index in [0.717, 1.165) is 4.88 Å². The van der Waals surface area contributed by atoms with Crippen molar-refractivity contribution in [3.05, 3.63) is 16.3 Å². The molecule has 5 nitrogen and oxygen atoms in total. The third-order valence-corrected chi connectivity index (χ3v) is 2.88. The smallest absolute Gasteiger partial charge is 0.411 e. The Morgan fingerprint density at radius 2 is 2.41 bits per heavy atom. The number of ether oxygens (including phenoxy) is 1. The normalized spacial score (nSPS) is 11.5. The number of nitrogens with two attached hydrogens (primary N) is 1. The van der Waals surface area contributed by atoms with Crippen LogP contribution >= 0.6 is 23.7 Å². The summed E-state index contributed by atoms with van der Waals surface area (Å²) in [5, 5.41) is 13.4. The molecule has 1 rings (SSSR count). The first-order valence-corrected chi connectivity index (χ1v) is 5.92. The lowest BCUT2D eigenvalue weighted by molar-refractivity contribution is 0.168. The zero-order valence-corrected chi connectivity index (χ0v) is 11.1. The molecule has 0 aliphatic carbocycles. The summed E-state index contributed by atoms with van der Waals surface area (Å²) in [7, 11) is 0. The van der Waals surface area contributed by atoms with Crippen LogP contribution in [0.3, 0.4) is 0 Å². The van der Waals surface area contributed by atoms with Crippen LogP contribution in [-0.4, -0.2) is 30.5 Å². The van der Waals surface area contributed by atoms with Crippen LogP contribution in [0, 0.1) is 0 Å². The number of rotatable bonds is 5. The van der Waals surface area contributed by atoms with Gasteiger partial charge in [-0.25, -0.2) is 4.79 Å². The fourth-order valence-corrected chi connectivity index (χ4v) is 2.11. The number of amides is 1. The van der Waals surface area contributed by atoms with Gasteiger partial charge in [0.15, 0.2) is 0 Å². The molecule has 0 fully saturated rings. The molecule has 0 aliphatic heterocycles. The van der Waals surface area contributed by atoms with Crippen molar-refractivity contribution in [1.82, 2.24) is 0 Å². The van der Waals surface area contributed by atoms with Crippen LogP contribution in [0.1, 0.15) is 11.8 Å². The molecule has 0 aromatic carbocycles. The Bertz CT molecular complexity index is 346. The molecule has 0 bridgehead atoms. The van der Waals surface area contributed by atoms with Crippen LogP contribution in [0.5, 0.6) is 0 Å². The van der Waals surface area contributed by atoms with Crippen molar-refractivity contribution in [3.8, 4) is 0 Å². The summed E-state index contributed by atoms with van der Waals surface area (Å²) in [5.41, 5.74) is 6.34. The summed E-state index contributed by atoms with van der Waals surface area (Å²) in [5.74, 6) is 0. The molecule has 0 radical (unpaired) electrons. The highest BCUT2D eigenvalue weighted by atomic mass is 35.5. The van der Waals surface area contributed by atoms with Gasteiger partial charge in [0, 0.05) is 17.3 Å². The summed E-state index contributed by atoms with van der Waals surface area (Å²) >= 11 is 1.49. The Labute approximate surface area is 110 Å². The largest absolute Gasteiger partial charge is 0.450 e. The van der Waals surface area contributed by atoms with Gasteiger partial charge in [-0.1, -0.05) is 0 Å². The van der Waals surface area contributed by atoms with Crippen LogP contribution < -0.4 is 11.1 Å². The Morgan fingerprint density at radius 1 is 1.71 bits per heavy atom. The van der Waals surface area contributed by atoms with E-state index in [0.29, 0.717) is 18.7 Å². The van der Waals surface area contributed by atoms with Crippen molar-refractivity contribution in [2.45, 2.75) is 19.4 Å². The molecule has 0 saturated carbocycles. The third-order valence-electron chi connectivity index (χ3n) is 1.94. The second-order valence-corrected chi connectivity index (χ2v) is 4.25. The fraction of sp³-hybridized carbons (Fsp3) is 0.500. The molecular weight excluding hydrogens is 264 g/mol. The molecule has 1 heterocycles. The van der Waals surface area contributed by atoms with E-state index in [1.165, 1.54) is 11.3 Å². The average Bonchev–Trinajstić information content (AvgIpc) is 2.66. The lowest BCUT2D eigenvalue weighted by Gasteiger charge is -2.09. The minimum Gasteiger partial charge on any atom is -0.450 e. The van der Waals surface area contributed by atoms with Crippen molar-refractivity contribution < 1.29 is 14.6 Å². The number of halogens is 1. The van der Waals surface area contributed by atoms with E-state index in [9.17, 15) is 4.79 Å². The number of hydrogen-bond acceptors (Lipinski definition) is 5. The Kier molecular flexibility index (Phi) is 7.90. The highest BCUT2D eigenvalue weighted by molar-refractivity contribution is 7.10. The first-order valence-electron chi connectivity index (χ1n) is 5.04. The van der Waals surface area contributed by atoms with Gasteiger partial charge >= 0.3 is 6.09 Å². The van der Waals surface area contributed by atoms with Crippen LogP contribution in [0.15, 0.2) is 11.4 Å². The lowest BCUT2D eigenvalue weighted by atomic mass is 10.2. The van der Waals surface area contributed by atoms with Crippen molar-refractivity contribution in [2.24, 2.45) is 5.73 Å². The molecular formula is C10H17ClN2O3S. The van der Waals surface area contributed by atoms with Gasteiger partial charge in [0.05, 0.1) is 18.9 Å². The average molecular weight is 281 g/mol. The molecule has 1 atom stereocenters. The summed E-state index contributed by atoms with van der Waals surface area (Å²) in [6, 6.07) is 1.49.